The monoisotopic (exact) mass is 273 g/mol. The molecule has 0 fully saturated rings. The first-order chi connectivity index (χ1) is 9.76. The van der Waals surface area contributed by atoms with Gasteiger partial charge in [-0.25, -0.2) is 0 Å². The maximum absolute atomic E-state index is 5.99. The van der Waals surface area contributed by atoms with Gasteiger partial charge < -0.3 is 10.1 Å². The Morgan fingerprint density at radius 3 is 2.50 bits per heavy atom. The van der Waals surface area contributed by atoms with Gasteiger partial charge in [0.25, 0.3) is 0 Å². The van der Waals surface area contributed by atoms with Crippen molar-refractivity contribution in [1.29, 1.82) is 0 Å². The van der Waals surface area contributed by atoms with Gasteiger partial charge in [0.15, 0.2) is 0 Å². The van der Waals surface area contributed by atoms with Gasteiger partial charge in [0.2, 0.25) is 0 Å². The minimum absolute atomic E-state index is 0.0314. The van der Waals surface area contributed by atoms with E-state index in [1.165, 1.54) is 5.56 Å². The Balaban J connectivity index is 2.32. The Hall–Kier alpha value is -1.65. The number of aryl methyl sites for hydroxylation is 1. The summed E-state index contributed by atoms with van der Waals surface area (Å²) in [7, 11) is 1.94. The quantitative estimate of drug-likeness (QED) is 0.843. The topological polar surface area (TPSA) is 39.1 Å². The summed E-state index contributed by atoms with van der Waals surface area (Å²) in [5.74, 6) is 0. The number of likely N-dealkylation sites (N-methyl/N-ethyl adjacent to an activating group) is 1. The van der Waals surface area contributed by atoms with E-state index in [1.807, 2.05) is 49.1 Å². The molecule has 0 saturated heterocycles. The third-order valence-electron chi connectivity index (χ3n) is 3.25. The van der Waals surface area contributed by atoms with Crippen LogP contribution in [-0.2, 0) is 11.8 Å². The van der Waals surface area contributed by atoms with Crippen LogP contribution in [0, 0.1) is 0 Å². The normalized spacial score (nSPS) is 14.2. The van der Waals surface area contributed by atoms with Crippen molar-refractivity contribution in [3.63, 3.8) is 0 Å². The Bertz CT molecular complexity index is 509. The molecule has 2 rings (SSSR count). The smallest absolute Gasteiger partial charge is 0.103 e. The third kappa shape index (κ3) is 3.46. The lowest BCUT2D eigenvalue weighted by Gasteiger charge is -2.27. The molecule has 4 heteroatoms. The molecule has 20 heavy (non-hydrogen) atoms. The highest BCUT2D eigenvalue weighted by molar-refractivity contribution is 5.22. The van der Waals surface area contributed by atoms with E-state index in [0.29, 0.717) is 6.61 Å². The van der Waals surface area contributed by atoms with Crippen molar-refractivity contribution < 1.29 is 4.74 Å². The van der Waals surface area contributed by atoms with Crippen molar-refractivity contribution in [2.75, 3.05) is 13.2 Å². The van der Waals surface area contributed by atoms with E-state index >= 15 is 0 Å². The van der Waals surface area contributed by atoms with Crippen LogP contribution in [-0.4, -0.2) is 22.9 Å². The highest BCUT2D eigenvalue weighted by Crippen LogP contribution is 2.31. The molecular weight excluding hydrogens is 250 g/mol. The molecule has 108 valence electrons. The largest absolute Gasteiger partial charge is 0.372 e. The molecule has 0 bridgehead atoms. The van der Waals surface area contributed by atoms with Crippen LogP contribution in [0.1, 0.15) is 37.3 Å². The van der Waals surface area contributed by atoms with Crippen LogP contribution in [0.15, 0.2) is 42.6 Å². The van der Waals surface area contributed by atoms with E-state index in [1.54, 1.807) is 0 Å². The molecule has 0 radical (unpaired) electrons. The van der Waals surface area contributed by atoms with Gasteiger partial charge in [-0.15, -0.1) is 0 Å². The van der Waals surface area contributed by atoms with E-state index < -0.39 is 0 Å². The Morgan fingerprint density at radius 1 is 1.20 bits per heavy atom. The van der Waals surface area contributed by atoms with Crippen molar-refractivity contribution in [2.24, 2.45) is 7.05 Å². The van der Waals surface area contributed by atoms with Gasteiger partial charge >= 0.3 is 0 Å². The van der Waals surface area contributed by atoms with Crippen LogP contribution in [0.3, 0.4) is 0 Å². The lowest BCUT2D eigenvalue weighted by Crippen LogP contribution is -2.29. The van der Waals surface area contributed by atoms with Gasteiger partial charge in [0.05, 0.1) is 11.7 Å². The molecule has 1 aromatic heterocycles. The van der Waals surface area contributed by atoms with Crippen molar-refractivity contribution in [3.8, 4) is 0 Å². The molecule has 0 amide bonds. The molecule has 2 atom stereocenters. The second kappa shape index (κ2) is 7.22. The summed E-state index contributed by atoms with van der Waals surface area (Å²) in [6.07, 6.45) is 1.93. The fourth-order valence-electron chi connectivity index (χ4n) is 2.39. The van der Waals surface area contributed by atoms with Crippen molar-refractivity contribution in [2.45, 2.75) is 26.0 Å². The van der Waals surface area contributed by atoms with E-state index in [-0.39, 0.29) is 12.1 Å². The Kier molecular flexibility index (Phi) is 5.32. The fourth-order valence-corrected chi connectivity index (χ4v) is 2.39. The summed E-state index contributed by atoms with van der Waals surface area (Å²) in [4.78, 5) is 0. The van der Waals surface area contributed by atoms with Crippen molar-refractivity contribution >= 4 is 0 Å². The Morgan fingerprint density at radius 2 is 1.95 bits per heavy atom. The van der Waals surface area contributed by atoms with Crippen LogP contribution in [0.5, 0.6) is 0 Å². The number of rotatable bonds is 7. The van der Waals surface area contributed by atoms with Crippen LogP contribution in [0.25, 0.3) is 0 Å². The Labute approximate surface area is 120 Å². The molecule has 0 saturated carbocycles. The SMILES string of the molecule is CCNC(c1ccn(C)n1)C(OCC)c1ccccc1. The minimum Gasteiger partial charge on any atom is -0.372 e. The number of hydrogen-bond acceptors (Lipinski definition) is 3. The minimum atomic E-state index is -0.0314. The molecule has 0 spiro atoms. The van der Waals surface area contributed by atoms with Gasteiger partial charge in [-0.2, -0.15) is 5.10 Å². The zero-order valence-corrected chi connectivity index (χ0v) is 12.4. The third-order valence-corrected chi connectivity index (χ3v) is 3.25. The fraction of sp³-hybridized carbons (Fsp3) is 0.438. The predicted molar refractivity (Wildman–Crippen MR) is 80.4 cm³/mol. The number of nitrogens with one attached hydrogen (secondary N) is 1. The van der Waals surface area contributed by atoms with Crippen molar-refractivity contribution in [1.82, 2.24) is 15.1 Å². The average molecular weight is 273 g/mol. The summed E-state index contributed by atoms with van der Waals surface area (Å²) < 4.78 is 7.82. The average Bonchev–Trinajstić information content (AvgIpc) is 2.90. The highest BCUT2D eigenvalue weighted by atomic mass is 16.5. The first-order valence-electron chi connectivity index (χ1n) is 7.15. The second-order valence-electron chi connectivity index (χ2n) is 4.74. The zero-order chi connectivity index (χ0) is 14.4. The van der Waals surface area contributed by atoms with E-state index in [2.05, 4.69) is 29.5 Å². The molecule has 2 aromatic rings. The summed E-state index contributed by atoms with van der Waals surface area (Å²) in [5.41, 5.74) is 2.18. The number of benzene rings is 1. The molecule has 0 aliphatic rings. The summed E-state index contributed by atoms with van der Waals surface area (Å²) in [5, 5.41) is 8.03. The van der Waals surface area contributed by atoms with Crippen molar-refractivity contribution in [3.05, 3.63) is 53.9 Å². The lowest BCUT2D eigenvalue weighted by atomic mass is 9.99. The first-order valence-corrected chi connectivity index (χ1v) is 7.15. The van der Waals surface area contributed by atoms with Crippen LogP contribution in [0.2, 0.25) is 0 Å². The molecule has 0 aliphatic heterocycles. The van der Waals surface area contributed by atoms with Crippen LogP contribution in [0.4, 0.5) is 0 Å². The number of ether oxygens (including phenoxy) is 1. The van der Waals surface area contributed by atoms with Crippen LogP contribution >= 0.6 is 0 Å². The number of hydrogen-bond donors (Lipinski definition) is 1. The first kappa shape index (κ1) is 14.8. The maximum atomic E-state index is 5.99. The molecule has 0 aliphatic carbocycles. The maximum Gasteiger partial charge on any atom is 0.103 e. The zero-order valence-electron chi connectivity index (χ0n) is 12.4. The molecule has 2 unspecified atom stereocenters. The van der Waals surface area contributed by atoms with Gasteiger partial charge in [-0.3, -0.25) is 4.68 Å². The van der Waals surface area contributed by atoms with Gasteiger partial charge in [0.1, 0.15) is 6.10 Å². The van der Waals surface area contributed by atoms with E-state index in [0.717, 1.165) is 12.2 Å². The molecular formula is C16H23N3O. The van der Waals surface area contributed by atoms with Gasteiger partial charge in [-0.1, -0.05) is 37.3 Å². The molecule has 4 nitrogen and oxygen atoms in total. The van der Waals surface area contributed by atoms with E-state index in [9.17, 15) is 0 Å². The van der Waals surface area contributed by atoms with Gasteiger partial charge in [0, 0.05) is 19.9 Å². The summed E-state index contributed by atoms with van der Waals surface area (Å²) >= 11 is 0. The molecule has 1 N–H and O–H groups in total. The van der Waals surface area contributed by atoms with Gasteiger partial charge in [-0.05, 0) is 25.1 Å². The molecule has 1 heterocycles. The highest BCUT2D eigenvalue weighted by Gasteiger charge is 2.26. The lowest BCUT2D eigenvalue weighted by molar-refractivity contribution is 0.0318. The number of nitrogens with zero attached hydrogens (tertiary/aromatic N) is 2. The molecule has 1 aromatic carbocycles. The standard InChI is InChI=1S/C16H23N3O/c1-4-17-15(14-11-12-19(3)18-14)16(20-5-2)13-9-7-6-8-10-13/h6-12,15-17H,4-5H2,1-3H3. The number of aromatic nitrogens is 2. The summed E-state index contributed by atoms with van der Waals surface area (Å²) in [6.45, 7) is 5.67. The van der Waals surface area contributed by atoms with Crippen LogP contribution < -0.4 is 5.32 Å². The van der Waals surface area contributed by atoms with E-state index in [4.69, 9.17) is 4.74 Å². The summed E-state index contributed by atoms with van der Waals surface area (Å²) in [6, 6.07) is 12.4. The second-order valence-corrected chi connectivity index (χ2v) is 4.74. The predicted octanol–water partition coefficient (Wildman–Crippen LogP) is 2.85.